The summed E-state index contributed by atoms with van der Waals surface area (Å²) >= 11 is 11.7. The zero-order valence-corrected chi connectivity index (χ0v) is 16.6. The third kappa shape index (κ3) is 20.8. The Balaban J connectivity index is 2.93. The third-order valence-corrected chi connectivity index (χ3v) is 6.28. The van der Waals surface area contributed by atoms with Gasteiger partial charge < -0.3 is 5.73 Å². The highest BCUT2D eigenvalue weighted by Crippen LogP contribution is 2.15. The molecule has 0 aromatic carbocycles. The molecule has 128 valence electrons. The summed E-state index contributed by atoms with van der Waals surface area (Å²) in [5.74, 6) is 0. The molecule has 0 aliphatic carbocycles. The van der Waals surface area contributed by atoms with Gasteiger partial charge in [0.05, 0.1) is 0 Å². The molecule has 0 amide bonds. The van der Waals surface area contributed by atoms with E-state index in [9.17, 15) is 0 Å². The predicted molar refractivity (Wildman–Crippen MR) is 102 cm³/mol. The SMILES string of the molecule is NCCCCCCCCCCCCCCCCC[SiH](Cl)Cl. The molecule has 0 rings (SSSR count). The zero-order valence-electron chi connectivity index (χ0n) is 13.9. The number of hydrogen-bond acceptors (Lipinski definition) is 1. The first kappa shape index (κ1) is 21.8. The Bertz CT molecular complexity index is 192. The fourth-order valence-corrected chi connectivity index (χ4v) is 4.26. The standard InChI is InChI=1S/C17H37Cl2NSi/c18-21(19)17-15-13-11-9-7-5-3-1-2-4-6-8-10-12-14-16-20/h21H,1-17,20H2. The normalized spacial score (nSPS) is 11.4. The molecule has 2 N–H and O–H groups in total. The van der Waals surface area contributed by atoms with Crippen molar-refractivity contribution in [3.8, 4) is 0 Å². The van der Waals surface area contributed by atoms with Gasteiger partial charge in [-0.25, -0.2) is 0 Å². The Morgan fingerprint density at radius 1 is 0.476 bits per heavy atom. The quantitative estimate of drug-likeness (QED) is 0.180. The number of unbranched alkanes of at least 4 members (excludes halogenated alkanes) is 14. The van der Waals surface area contributed by atoms with Gasteiger partial charge >= 0.3 is 0 Å². The van der Waals surface area contributed by atoms with Crippen LogP contribution in [0.5, 0.6) is 0 Å². The van der Waals surface area contributed by atoms with Gasteiger partial charge in [-0.05, 0) is 19.0 Å². The predicted octanol–water partition coefficient (Wildman–Crippen LogP) is 6.49. The van der Waals surface area contributed by atoms with E-state index in [0.717, 1.165) is 12.6 Å². The molecule has 0 radical (unpaired) electrons. The van der Waals surface area contributed by atoms with E-state index in [1.165, 1.54) is 96.3 Å². The largest absolute Gasteiger partial charge is 0.330 e. The molecule has 0 unspecified atom stereocenters. The van der Waals surface area contributed by atoms with Crippen molar-refractivity contribution in [1.82, 2.24) is 0 Å². The third-order valence-electron chi connectivity index (χ3n) is 4.13. The summed E-state index contributed by atoms with van der Waals surface area (Å²) in [6.45, 7) is 0.863. The van der Waals surface area contributed by atoms with Crippen LogP contribution in [0.2, 0.25) is 6.04 Å². The van der Waals surface area contributed by atoms with E-state index in [-0.39, 0.29) is 0 Å². The van der Waals surface area contributed by atoms with Crippen molar-refractivity contribution >= 4 is 29.6 Å². The molecule has 0 saturated carbocycles. The van der Waals surface area contributed by atoms with Crippen molar-refractivity contribution in [3.05, 3.63) is 0 Å². The lowest BCUT2D eigenvalue weighted by Gasteiger charge is -2.03. The molecule has 0 fully saturated rings. The van der Waals surface area contributed by atoms with Crippen LogP contribution in [-0.4, -0.2) is 14.0 Å². The minimum absolute atomic E-state index is 0.863. The van der Waals surface area contributed by atoms with Crippen molar-refractivity contribution in [1.29, 1.82) is 0 Å². The molecule has 1 nitrogen and oxygen atoms in total. The van der Waals surface area contributed by atoms with E-state index in [4.69, 9.17) is 27.9 Å². The lowest BCUT2D eigenvalue weighted by molar-refractivity contribution is 0.533. The second-order valence-corrected chi connectivity index (χ2v) is 11.5. The lowest BCUT2D eigenvalue weighted by atomic mass is 10.0. The van der Waals surface area contributed by atoms with Crippen molar-refractivity contribution in [2.24, 2.45) is 5.73 Å². The highest BCUT2D eigenvalue weighted by Gasteiger charge is 2.00. The van der Waals surface area contributed by atoms with E-state index in [1.807, 2.05) is 0 Å². The van der Waals surface area contributed by atoms with Crippen LogP contribution in [0.25, 0.3) is 0 Å². The first-order valence-corrected chi connectivity index (χ1v) is 13.6. The molecule has 0 aromatic heterocycles. The second-order valence-electron chi connectivity index (χ2n) is 6.27. The molecular weight excluding hydrogens is 317 g/mol. The van der Waals surface area contributed by atoms with Crippen molar-refractivity contribution in [3.63, 3.8) is 0 Å². The van der Waals surface area contributed by atoms with E-state index in [1.54, 1.807) is 0 Å². The summed E-state index contributed by atoms with van der Waals surface area (Å²) in [6.07, 6.45) is 20.7. The Labute approximate surface area is 144 Å². The fourth-order valence-electron chi connectivity index (χ4n) is 2.74. The van der Waals surface area contributed by atoms with E-state index in [2.05, 4.69) is 0 Å². The van der Waals surface area contributed by atoms with Crippen LogP contribution in [0.3, 0.4) is 0 Å². The molecule has 21 heavy (non-hydrogen) atoms. The molecular formula is C17H37Cl2NSi. The first-order chi connectivity index (χ1) is 10.3. The number of nitrogens with two attached hydrogens (primary N) is 1. The maximum Gasteiger partial charge on any atom is 0.237 e. The zero-order chi connectivity index (χ0) is 15.6. The number of hydrogen-bond donors (Lipinski definition) is 1. The lowest BCUT2D eigenvalue weighted by Crippen LogP contribution is -1.97. The van der Waals surface area contributed by atoms with Gasteiger partial charge in [0.25, 0.3) is 0 Å². The summed E-state index contributed by atoms with van der Waals surface area (Å²) in [5.41, 5.74) is 5.49. The molecule has 0 saturated heterocycles. The van der Waals surface area contributed by atoms with E-state index < -0.39 is 7.42 Å². The van der Waals surface area contributed by atoms with Crippen LogP contribution in [0.15, 0.2) is 0 Å². The molecule has 0 atom stereocenters. The van der Waals surface area contributed by atoms with Gasteiger partial charge in [0.2, 0.25) is 7.42 Å². The van der Waals surface area contributed by atoms with Gasteiger partial charge in [-0.2, -0.15) is 22.2 Å². The van der Waals surface area contributed by atoms with Gasteiger partial charge in [0.1, 0.15) is 0 Å². The summed E-state index contributed by atoms with van der Waals surface area (Å²) in [4.78, 5) is 0. The minimum Gasteiger partial charge on any atom is -0.330 e. The molecule has 0 aliphatic rings. The van der Waals surface area contributed by atoms with Crippen LogP contribution in [0.1, 0.15) is 96.3 Å². The van der Waals surface area contributed by atoms with Crippen LogP contribution >= 0.6 is 22.2 Å². The van der Waals surface area contributed by atoms with Crippen molar-refractivity contribution in [2.75, 3.05) is 6.54 Å². The maximum absolute atomic E-state index is 5.84. The van der Waals surface area contributed by atoms with E-state index >= 15 is 0 Å². The monoisotopic (exact) mass is 353 g/mol. The average molecular weight is 354 g/mol. The van der Waals surface area contributed by atoms with Gasteiger partial charge in [0.15, 0.2) is 0 Å². The highest BCUT2D eigenvalue weighted by molar-refractivity contribution is 7.33. The number of rotatable bonds is 17. The van der Waals surface area contributed by atoms with Gasteiger partial charge in [0, 0.05) is 0 Å². The van der Waals surface area contributed by atoms with E-state index in [0.29, 0.717) is 0 Å². The maximum atomic E-state index is 5.84. The Morgan fingerprint density at radius 2 is 0.762 bits per heavy atom. The fraction of sp³-hybridized carbons (Fsp3) is 1.00. The topological polar surface area (TPSA) is 26.0 Å². The van der Waals surface area contributed by atoms with Crippen LogP contribution in [0, 0.1) is 0 Å². The summed E-state index contributed by atoms with van der Waals surface area (Å²) in [7, 11) is -1.32. The Kier molecular flexibility index (Phi) is 19.5. The van der Waals surface area contributed by atoms with Crippen LogP contribution in [-0.2, 0) is 0 Å². The Morgan fingerprint density at radius 3 is 1.05 bits per heavy atom. The smallest absolute Gasteiger partial charge is 0.237 e. The number of halogens is 2. The summed E-state index contributed by atoms with van der Waals surface area (Å²) in [5, 5.41) is 0. The summed E-state index contributed by atoms with van der Waals surface area (Å²) < 4.78 is 0. The van der Waals surface area contributed by atoms with Gasteiger partial charge in [-0.1, -0.05) is 89.9 Å². The second kappa shape index (κ2) is 18.8. The Hall–Kier alpha value is 0.757. The molecule has 0 heterocycles. The van der Waals surface area contributed by atoms with Crippen molar-refractivity contribution < 1.29 is 0 Å². The highest BCUT2D eigenvalue weighted by atomic mass is 35.7. The molecule has 0 spiro atoms. The first-order valence-electron chi connectivity index (χ1n) is 9.25. The van der Waals surface area contributed by atoms with Crippen LogP contribution in [0.4, 0.5) is 0 Å². The summed E-state index contributed by atoms with van der Waals surface area (Å²) in [6, 6.07) is 1.09. The molecule has 4 heteroatoms. The van der Waals surface area contributed by atoms with Crippen molar-refractivity contribution in [2.45, 2.75) is 102 Å². The molecule has 0 bridgehead atoms. The molecule has 0 aromatic rings. The average Bonchev–Trinajstić information content (AvgIpc) is 2.46. The van der Waals surface area contributed by atoms with Gasteiger partial charge in [-0.3, -0.25) is 0 Å². The van der Waals surface area contributed by atoms with Gasteiger partial charge in [-0.15, -0.1) is 0 Å². The molecule has 0 aliphatic heterocycles. The van der Waals surface area contributed by atoms with Crippen LogP contribution < -0.4 is 5.73 Å². The minimum atomic E-state index is -1.32.